The highest BCUT2D eigenvalue weighted by Gasteiger charge is 2.10. The van der Waals surface area contributed by atoms with Crippen LogP contribution in [-0.2, 0) is 0 Å². The quantitative estimate of drug-likeness (QED) is 0.0780. The van der Waals surface area contributed by atoms with Crippen molar-refractivity contribution >= 4 is 129 Å². The lowest BCUT2D eigenvalue weighted by Gasteiger charge is -2.12. The predicted octanol–water partition coefficient (Wildman–Crippen LogP) is 39.5. The monoisotopic (exact) mass is 1860 g/mol. The topological polar surface area (TPSA) is 90.3 Å². The van der Waals surface area contributed by atoms with E-state index in [1.54, 1.807) is 22.7 Å². The molecule has 0 unspecified atom stereocenters. The second-order valence-corrected chi connectivity index (χ2v) is 25.9. The lowest BCUT2D eigenvalue weighted by Crippen LogP contribution is -2.07. The Hall–Kier alpha value is -11.7. The Balaban J connectivity index is -0.000000255. The number of anilines is 4. The molecular weight excluding hydrogens is 1670 g/mol. The molecule has 0 aliphatic carbocycles. The minimum atomic E-state index is 0.853. The van der Waals surface area contributed by atoms with Crippen molar-refractivity contribution < 1.29 is 0 Å². The van der Waals surface area contributed by atoms with Crippen LogP contribution in [0.2, 0.25) is 0 Å². The Labute approximate surface area is 832 Å². The highest BCUT2D eigenvalue weighted by atomic mass is 32.1. The second-order valence-electron chi connectivity index (χ2n) is 24.0. The van der Waals surface area contributed by atoms with E-state index < -0.39 is 0 Å². The van der Waals surface area contributed by atoms with Gasteiger partial charge >= 0.3 is 0 Å². The lowest BCUT2D eigenvalue weighted by atomic mass is 10.0. The standard InChI is InChI=1S/C34H32N4.C30H30N4.C22H16N2S2.18C2H6/c1-37(2)29-17-12-25(13-18-29)9-10-27-21-22-35-33(23-27)34-24-28(31-7-5-6-8-32(31)36-34)16-11-26-14-19-30(20-15-26)38(3)4;1-33(2)27-13-9-23(10-14-27)5-7-25-17-19-31-29(21-25)30-22-26(18-20-32-30)8-6-24-11-15-28(16-12-24)34(3)4;1-3-19(25-13-1)7-5-17-9-11-23-21(15-17)22-16-18(10-12-24-22)6-8-20-4-2-14-26-20;18*1-2/h5-24H,1-4H3;5-22H,1-4H3;1-16H;18*1-2H3. The molecule has 0 fully saturated rings. The zero-order valence-corrected chi connectivity index (χ0v) is 94.1. The molecule has 0 aliphatic heterocycles. The molecule has 8 heterocycles. The summed E-state index contributed by atoms with van der Waals surface area (Å²) in [5.41, 5.74) is 22.1. The fraction of sp³-hybridized carbons (Fsp3) is 0.361. The molecule has 0 spiro atoms. The number of hydrogen-bond donors (Lipinski definition) is 0. The number of thiophene rings is 2. The van der Waals surface area contributed by atoms with Gasteiger partial charge in [0.15, 0.2) is 0 Å². The van der Waals surface area contributed by atoms with Crippen LogP contribution in [0, 0.1) is 0 Å². The molecule has 0 radical (unpaired) electrons. The van der Waals surface area contributed by atoms with Gasteiger partial charge in [-0.2, -0.15) is 0 Å². The van der Waals surface area contributed by atoms with Gasteiger partial charge in [0.05, 0.1) is 39.7 Å². The van der Waals surface area contributed by atoms with Gasteiger partial charge in [0, 0.05) is 125 Å². The average Bonchev–Trinajstić information content (AvgIpc) is 0.879. The summed E-state index contributed by atoms with van der Waals surface area (Å²) in [6.45, 7) is 72.0. The van der Waals surface area contributed by atoms with E-state index in [9.17, 15) is 0 Å². The summed E-state index contributed by atoms with van der Waals surface area (Å²) in [4.78, 5) is 38.6. The molecule has 13 rings (SSSR count). The van der Waals surface area contributed by atoms with Gasteiger partial charge in [-0.3, -0.25) is 24.9 Å². The third-order valence-electron chi connectivity index (χ3n) is 15.9. The average molecular weight is 1860 g/mol. The Morgan fingerprint density at radius 1 is 0.194 bits per heavy atom. The van der Waals surface area contributed by atoms with Gasteiger partial charge in [-0.25, -0.2) is 4.98 Å². The summed E-state index contributed by atoms with van der Waals surface area (Å²) in [5.74, 6) is 0. The molecule has 0 saturated heterocycles. The van der Waals surface area contributed by atoms with E-state index in [0.29, 0.717) is 0 Å². The highest BCUT2D eigenvalue weighted by molar-refractivity contribution is 7.11. The van der Waals surface area contributed by atoms with Gasteiger partial charge in [-0.1, -0.05) is 389 Å². The molecule has 10 nitrogen and oxygen atoms in total. The predicted molar refractivity (Wildman–Crippen MR) is 629 cm³/mol. The zero-order chi connectivity index (χ0) is 104. The van der Waals surface area contributed by atoms with Crippen LogP contribution in [0.1, 0.15) is 315 Å². The van der Waals surface area contributed by atoms with Gasteiger partial charge in [0.1, 0.15) is 0 Å². The summed E-state index contributed by atoms with van der Waals surface area (Å²) >= 11 is 3.45. The van der Waals surface area contributed by atoms with Crippen LogP contribution in [0.4, 0.5) is 22.7 Å². The summed E-state index contributed by atoms with van der Waals surface area (Å²) in [6, 6.07) is 73.2. The van der Waals surface area contributed by atoms with Gasteiger partial charge < -0.3 is 19.6 Å². The van der Waals surface area contributed by atoms with Gasteiger partial charge in [-0.05, 0) is 212 Å². The minimum Gasteiger partial charge on any atom is -0.378 e. The van der Waals surface area contributed by atoms with Gasteiger partial charge in [-0.15, -0.1) is 22.7 Å². The Bertz CT molecular complexity index is 4710. The van der Waals surface area contributed by atoms with Crippen molar-refractivity contribution in [2.45, 2.75) is 249 Å². The maximum atomic E-state index is 4.95. The van der Waals surface area contributed by atoms with E-state index in [2.05, 4.69) is 318 Å². The Morgan fingerprint density at radius 2 is 0.403 bits per heavy atom. The van der Waals surface area contributed by atoms with E-state index in [4.69, 9.17) is 4.98 Å². The molecule has 8 aromatic heterocycles. The number of hydrogen-bond acceptors (Lipinski definition) is 12. The number of nitrogens with zero attached hydrogens (tertiary/aromatic N) is 10. The second kappa shape index (κ2) is 97.3. The molecule has 134 heavy (non-hydrogen) atoms. The van der Waals surface area contributed by atoms with Gasteiger partial charge in [0.25, 0.3) is 0 Å². The van der Waals surface area contributed by atoms with Crippen molar-refractivity contribution in [3.05, 3.63) is 319 Å². The summed E-state index contributed by atoms with van der Waals surface area (Å²) in [6.07, 6.45) is 34.7. The first-order valence-electron chi connectivity index (χ1n) is 50.3. The number of pyridine rings is 6. The van der Waals surface area contributed by atoms with Crippen molar-refractivity contribution in [3.8, 4) is 34.2 Å². The molecule has 0 N–H and O–H groups in total. The maximum Gasteiger partial charge on any atom is 0.0900 e. The van der Waals surface area contributed by atoms with Crippen LogP contribution in [0.25, 0.3) is 118 Å². The molecule has 0 amide bonds. The number of aromatic nitrogens is 6. The van der Waals surface area contributed by atoms with Gasteiger partial charge in [0.2, 0.25) is 0 Å². The van der Waals surface area contributed by atoms with Crippen LogP contribution >= 0.6 is 22.7 Å². The fourth-order valence-corrected chi connectivity index (χ4v) is 11.6. The highest BCUT2D eigenvalue weighted by Crippen LogP contribution is 2.29. The normalized spacial score (nSPS) is 9.16. The number of rotatable bonds is 19. The zero-order valence-electron chi connectivity index (χ0n) is 92.5. The Kier molecular flexibility index (Phi) is 100. The maximum absolute atomic E-state index is 4.95. The van der Waals surface area contributed by atoms with Crippen LogP contribution in [0.5, 0.6) is 0 Å². The van der Waals surface area contributed by atoms with Crippen LogP contribution in [0.3, 0.4) is 0 Å². The van der Waals surface area contributed by atoms with Crippen LogP contribution in [0.15, 0.2) is 254 Å². The molecule has 0 saturated carbocycles. The summed E-state index contributed by atoms with van der Waals surface area (Å²) in [7, 11) is 16.4. The van der Waals surface area contributed by atoms with E-state index in [1.807, 2.05) is 359 Å². The van der Waals surface area contributed by atoms with E-state index in [-0.39, 0.29) is 0 Å². The molecule has 12 heteroatoms. The van der Waals surface area contributed by atoms with E-state index in [0.717, 1.165) is 101 Å². The number of benzene rings is 5. The fourth-order valence-electron chi connectivity index (χ4n) is 10.4. The smallest absolute Gasteiger partial charge is 0.0900 e. The SMILES string of the molecule is C(=Cc1cccs1)c1ccnc(-c2cc(C=Cc3cccs3)ccn2)c1.CC.CC.CC.CC.CC.CC.CC.CC.CC.CC.CC.CC.CC.CC.CC.CC.CC.CC.CN(C)c1ccc(C=Cc2ccnc(-c3cc(C=Cc4ccc(N(C)C)cc4)c4ccccc4n3)c2)cc1.CN(C)c1ccc(C=Cc2ccnc(-c3cc(C=Cc4ccc(N(C)C)cc4)ccn3)c2)cc1. The lowest BCUT2D eigenvalue weighted by molar-refractivity contribution is 1.13. The van der Waals surface area contributed by atoms with E-state index in [1.165, 1.54) is 32.5 Å². The van der Waals surface area contributed by atoms with Crippen molar-refractivity contribution in [2.75, 3.05) is 76.0 Å². The third kappa shape index (κ3) is 57.0. The molecule has 0 aliphatic rings. The largest absolute Gasteiger partial charge is 0.378 e. The van der Waals surface area contributed by atoms with Crippen LogP contribution in [-0.4, -0.2) is 86.3 Å². The van der Waals surface area contributed by atoms with Crippen molar-refractivity contribution in [1.29, 1.82) is 0 Å². The van der Waals surface area contributed by atoms with Crippen LogP contribution < -0.4 is 19.6 Å². The first-order chi connectivity index (χ1) is 65.8. The van der Waals surface area contributed by atoms with Crippen molar-refractivity contribution in [1.82, 2.24) is 29.9 Å². The first-order valence-corrected chi connectivity index (χ1v) is 52.0. The third-order valence-corrected chi connectivity index (χ3v) is 17.6. The summed E-state index contributed by atoms with van der Waals surface area (Å²) < 4.78 is 0. The molecule has 0 atom stereocenters. The number of fused-ring (bicyclic) bond motifs is 1. The Morgan fingerprint density at radius 3 is 0.627 bits per heavy atom. The summed E-state index contributed by atoms with van der Waals surface area (Å²) in [5, 5.41) is 5.28. The van der Waals surface area contributed by atoms with Crippen molar-refractivity contribution in [3.63, 3.8) is 0 Å². The first kappa shape index (κ1) is 138. The molecule has 5 aromatic carbocycles. The molecule has 0 bridgehead atoms. The number of para-hydroxylation sites is 1. The molecule has 736 valence electrons. The molecular formula is C122H186N10S2. The van der Waals surface area contributed by atoms with E-state index >= 15 is 0 Å². The molecule has 13 aromatic rings. The van der Waals surface area contributed by atoms with Crippen molar-refractivity contribution in [2.24, 2.45) is 0 Å². The minimum absolute atomic E-state index is 0.853.